The number of methoxy groups -OCH3 is 1. The molecule has 0 atom stereocenters. The van der Waals surface area contributed by atoms with Crippen molar-refractivity contribution in [2.75, 3.05) is 20.2 Å². The summed E-state index contributed by atoms with van der Waals surface area (Å²) >= 11 is 0. The molecule has 1 saturated heterocycles. The highest BCUT2D eigenvalue weighted by molar-refractivity contribution is 5.73. The molecule has 1 fully saturated rings. The van der Waals surface area contributed by atoms with Crippen molar-refractivity contribution in [2.24, 2.45) is 0 Å². The van der Waals surface area contributed by atoms with E-state index >= 15 is 0 Å². The summed E-state index contributed by atoms with van der Waals surface area (Å²) in [7, 11) is 1.62. The predicted molar refractivity (Wildman–Crippen MR) is 93.0 cm³/mol. The normalized spacial score (nSPS) is 16.4. The number of carbonyl (C=O) groups is 1. The molecule has 0 aliphatic carbocycles. The lowest BCUT2D eigenvalue weighted by Crippen LogP contribution is -2.43. The summed E-state index contributed by atoms with van der Waals surface area (Å²) in [5, 5.41) is 3.34. The molecule has 2 aromatic rings. The third-order valence-corrected chi connectivity index (χ3v) is 4.50. The van der Waals surface area contributed by atoms with Gasteiger partial charge in [-0.05, 0) is 36.3 Å². The van der Waals surface area contributed by atoms with Crippen molar-refractivity contribution in [1.82, 2.24) is 5.32 Å². The summed E-state index contributed by atoms with van der Waals surface area (Å²) in [4.78, 5) is 12.6. The lowest BCUT2D eigenvalue weighted by atomic mass is 9.84. The number of rotatable bonds is 5. The van der Waals surface area contributed by atoms with Crippen LogP contribution < -0.4 is 10.1 Å². The zero-order chi connectivity index (χ0) is 16.8. The number of hydrogen-bond acceptors (Lipinski definition) is 4. The minimum Gasteiger partial charge on any atom is -0.497 e. The van der Waals surface area contributed by atoms with E-state index in [1.165, 1.54) is 0 Å². The van der Waals surface area contributed by atoms with Gasteiger partial charge in [0.1, 0.15) is 11.4 Å². The van der Waals surface area contributed by atoms with Crippen molar-refractivity contribution in [1.29, 1.82) is 0 Å². The number of esters is 1. The number of ether oxygens (including phenoxy) is 2. The van der Waals surface area contributed by atoms with E-state index in [4.69, 9.17) is 9.47 Å². The van der Waals surface area contributed by atoms with E-state index in [1.807, 2.05) is 54.6 Å². The summed E-state index contributed by atoms with van der Waals surface area (Å²) in [5.74, 6) is 0.550. The van der Waals surface area contributed by atoms with E-state index in [2.05, 4.69) is 5.32 Å². The summed E-state index contributed by atoms with van der Waals surface area (Å²) in [6.45, 7) is 1.70. The average molecular weight is 325 g/mol. The molecular weight excluding hydrogens is 302 g/mol. The quantitative estimate of drug-likeness (QED) is 0.858. The van der Waals surface area contributed by atoms with Crippen molar-refractivity contribution in [3.63, 3.8) is 0 Å². The van der Waals surface area contributed by atoms with Crippen molar-refractivity contribution in [3.8, 4) is 5.75 Å². The van der Waals surface area contributed by atoms with Crippen LogP contribution in [0.4, 0.5) is 0 Å². The number of hydrogen-bond donors (Lipinski definition) is 1. The standard InChI is InChI=1S/C20H23NO3/c1-23-18-9-5-6-16(14-18)15-19(22)24-20(10-12-21-13-11-20)17-7-3-2-4-8-17/h2-9,14,21H,10-13,15H2,1H3. The number of benzene rings is 2. The molecule has 0 spiro atoms. The molecule has 2 aromatic carbocycles. The third kappa shape index (κ3) is 3.77. The van der Waals surface area contributed by atoms with E-state index in [9.17, 15) is 4.79 Å². The van der Waals surface area contributed by atoms with Crippen LogP contribution in [0.25, 0.3) is 0 Å². The van der Waals surface area contributed by atoms with Crippen LogP contribution in [-0.2, 0) is 21.6 Å². The van der Waals surface area contributed by atoms with Gasteiger partial charge in [0, 0.05) is 12.8 Å². The largest absolute Gasteiger partial charge is 0.497 e. The maximum Gasteiger partial charge on any atom is 0.311 e. The van der Waals surface area contributed by atoms with Crippen molar-refractivity contribution in [2.45, 2.75) is 24.9 Å². The van der Waals surface area contributed by atoms with Crippen LogP contribution in [-0.4, -0.2) is 26.2 Å². The first-order valence-electron chi connectivity index (χ1n) is 8.33. The molecule has 126 valence electrons. The Balaban J connectivity index is 1.76. The Bertz CT molecular complexity index is 678. The van der Waals surface area contributed by atoms with Crippen molar-refractivity contribution in [3.05, 3.63) is 65.7 Å². The summed E-state index contributed by atoms with van der Waals surface area (Å²) in [5.41, 5.74) is 1.45. The minimum absolute atomic E-state index is 0.200. The lowest BCUT2D eigenvalue weighted by molar-refractivity contribution is -0.163. The van der Waals surface area contributed by atoms with Crippen LogP contribution in [0.1, 0.15) is 24.0 Å². The van der Waals surface area contributed by atoms with Crippen LogP contribution in [0.3, 0.4) is 0 Å². The van der Waals surface area contributed by atoms with Gasteiger partial charge in [0.15, 0.2) is 0 Å². The SMILES string of the molecule is COc1cccc(CC(=O)OC2(c3ccccc3)CCNCC2)c1. The molecular formula is C20H23NO3. The predicted octanol–water partition coefficient (Wildman–Crippen LogP) is 3.06. The van der Waals surface area contributed by atoms with Crippen LogP contribution in [0.2, 0.25) is 0 Å². The highest BCUT2D eigenvalue weighted by Crippen LogP contribution is 2.35. The molecule has 1 heterocycles. The van der Waals surface area contributed by atoms with E-state index in [0.29, 0.717) is 0 Å². The highest BCUT2D eigenvalue weighted by Gasteiger charge is 2.37. The summed E-state index contributed by atoms with van der Waals surface area (Å²) in [6, 6.07) is 17.6. The lowest BCUT2D eigenvalue weighted by Gasteiger charge is -2.37. The molecule has 1 N–H and O–H groups in total. The average Bonchev–Trinajstić information content (AvgIpc) is 2.63. The molecule has 24 heavy (non-hydrogen) atoms. The molecule has 4 nitrogen and oxygen atoms in total. The van der Waals surface area contributed by atoms with Crippen molar-refractivity contribution < 1.29 is 14.3 Å². The fourth-order valence-corrected chi connectivity index (χ4v) is 3.23. The Morgan fingerprint density at radius 3 is 2.54 bits per heavy atom. The molecule has 0 aromatic heterocycles. The summed E-state index contributed by atoms with van der Waals surface area (Å²) in [6.07, 6.45) is 1.83. The third-order valence-electron chi connectivity index (χ3n) is 4.50. The minimum atomic E-state index is -0.525. The van der Waals surface area contributed by atoms with E-state index < -0.39 is 5.60 Å². The van der Waals surface area contributed by atoms with E-state index in [1.54, 1.807) is 7.11 Å². The van der Waals surface area contributed by atoms with Crippen LogP contribution in [0, 0.1) is 0 Å². The fourth-order valence-electron chi connectivity index (χ4n) is 3.23. The molecule has 0 amide bonds. The Morgan fingerprint density at radius 1 is 1.08 bits per heavy atom. The number of piperidine rings is 1. The van der Waals surface area contributed by atoms with Crippen LogP contribution in [0.15, 0.2) is 54.6 Å². The first-order valence-corrected chi connectivity index (χ1v) is 8.33. The Kier molecular flexibility index (Phi) is 5.16. The Hall–Kier alpha value is -2.33. The molecule has 0 radical (unpaired) electrons. The maximum absolute atomic E-state index is 12.6. The molecule has 1 aliphatic heterocycles. The Labute approximate surface area is 142 Å². The molecule has 0 saturated carbocycles. The van der Waals surface area contributed by atoms with Gasteiger partial charge < -0.3 is 14.8 Å². The molecule has 3 rings (SSSR count). The number of carbonyl (C=O) groups excluding carboxylic acids is 1. The van der Waals surface area contributed by atoms with Gasteiger partial charge in [-0.25, -0.2) is 0 Å². The second-order valence-electron chi connectivity index (χ2n) is 6.11. The smallest absolute Gasteiger partial charge is 0.311 e. The zero-order valence-electron chi connectivity index (χ0n) is 14.0. The van der Waals surface area contributed by atoms with Gasteiger partial charge in [0.05, 0.1) is 13.5 Å². The zero-order valence-corrected chi connectivity index (χ0v) is 14.0. The van der Waals surface area contributed by atoms with Gasteiger partial charge in [0.2, 0.25) is 0 Å². The molecule has 0 bridgehead atoms. The maximum atomic E-state index is 12.6. The van der Waals surface area contributed by atoms with Gasteiger partial charge in [-0.3, -0.25) is 4.79 Å². The van der Waals surface area contributed by atoms with Crippen LogP contribution >= 0.6 is 0 Å². The second kappa shape index (κ2) is 7.49. The van der Waals surface area contributed by atoms with E-state index in [-0.39, 0.29) is 12.4 Å². The topological polar surface area (TPSA) is 47.6 Å². The first kappa shape index (κ1) is 16.5. The highest BCUT2D eigenvalue weighted by atomic mass is 16.6. The summed E-state index contributed by atoms with van der Waals surface area (Å²) < 4.78 is 11.2. The second-order valence-corrected chi connectivity index (χ2v) is 6.11. The van der Waals surface area contributed by atoms with Gasteiger partial charge >= 0.3 is 5.97 Å². The number of nitrogens with one attached hydrogen (secondary N) is 1. The van der Waals surface area contributed by atoms with Crippen LogP contribution in [0.5, 0.6) is 5.75 Å². The van der Waals surface area contributed by atoms with Gasteiger partial charge in [-0.1, -0.05) is 42.5 Å². The van der Waals surface area contributed by atoms with Gasteiger partial charge in [0.25, 0.3) is 0 Å². The molecule has 0 unspecified atom stereocenters. The van der Waals surface area contributed by atoms with E-state index in [0.717, 1.165) is 42.8 Å². The van der Waals surface area contributed by atoms with Crippen molar-refractivity contribution >= 4 is 5.97 Å². The molecule has 1 aliphatic rings. The monoisotopic (exact) mass is 325 g/mol. The molecule has 4 heteroatoms. The van der Waals surface area contributed by atoms with Gasteiger partial charge in [-0.15, -0.1) is 0 Å². The van der Waals surface area contributed by atoms with Gasteiger partial charge in [-0.2, -0.15) is 0 Å². The Morgan fingerprint density at radius 2 is 1.83 bits per heavy atom. The fraction of sp³-hybridized carbons (Fsp3) is 0.350. The first-order chi connectivity index (χ1) is 11.7.